The highest BCUT2D eigenvalue weighted by atomic mass is 15.0. The number of rotatable bonds is 6. The number of benzene rings is 9. The maximum absolute atomic E-state index is 11.0. The lowest BCUT2D eigenvalue weighted by Gasteiger charge is -2.13. The first-order chi connectivity index (χ1) is 32.2. The number of nitriles is 1. The van der Waals surface area contributed by atoms with Crippen LogP contribution in [-0.2, 0) is 0 Å². The van der Waals surface area contributed by atoms with Crippen molar-refractivity contribution in [3.05, 3.63) is 218 Å². The van der Waals surface area contributed by atoms with E-state index < -0.39 is 0 Å². The van der Waals surface area contributed by atoms with Crippen molar-refractivity contribution in [2.45, 2.75) is 0 Å². The van der Waals surface area contributed by atoms with Gasteiger partial charge in [0.15, 0.2) is 17.5 Å². The first-order valence-corrected chi connectivity index (χ1v) is 21.7. The Kier molecular flexibility index (Phi) is 8.14. The predicted octanol–water partition coefficient (Wildman–Crippen LogP) is 14.0. The Morgan fingerprint density at radius 2 is 0.785 bits per heavy atom. The molecule has 65 heavy (non-hydrogen) atoms. The van der Waals surface area contributed by atoms with Crippen LogP contribution < -0.4 is 0 Å². The lowest BCUT2D eigenvalue weighted by atomic mass is 10.1. The van der Waals surface area contributed by atoms with Crippen molar-refractivity contribution in [3.63, 3.8) is 0 Å². The van der Waals surface area contributed by atoms with E-state index in [9.17, 15) is 5.26 Å². The Labute approximate surface area is 373 Å². The molecule has 0 saturated carbocycles. The largest absolute Gasteiger partial charge is 0.309 e. The molecule has 0 unspecified atom stereocenters. The van der Waals surface area contributed by atoms with Gasteiger partial charge in [0.2, 0.25) is 0 Å². The Morgan fingerprint density at radius 3 is 1.40 bits per heavy atom. The minimum Gasteiger partial charge on any atom is -0.309 e. The van der Waals surface area contributed by atoms with Crippen molar-refractivity contribution in [1.82, 2.24) is 28.7 Å². The summed E-state index contributed by atoms with van der Waals surface area (Å²) in [5.41, 5.74) is 12.5. The van der Waals surface area contributed by atoms with Crippen LogP contribution in [0.2, 0.25) is 0 Å². The van der Waals surface area contributed by atoms with Gasteiger partial charge in [-0.15, -0.1) is 0 Å². The van der Waals surface area contributed by atoms with Gasteiger partial charge in [-0.1, -0.05) is 127 Å². The second-order valence-corrected chi connectivity index (χ2v) is 16.3. The van der Waals surface area contributed by atoms with Gasteiger partial charge >= 0.3 is 0 Å². The predicted molar refractivity (Wildman–Crippen MR) is 264 cm³/mol. The third-order valence-electron chi connectivity index (χ3n) is 12.7. The van der Waals surface area contributed by atoms with Crippen molar-refractivity contribution in [3.8, 4) is 57.3 Å². The average molecular weight is 830 g/mol. The van der Waals surface area contributed by atoms with E-state index >= 15 is 0 Å². The highest BCUT2D eigenvalue weighted by Gasteiger charge is 2.23. The van der Waals surface area contributed by atoms with Gasteiger partial charge in [-0.2, -0.15) is 5.26 Å². The molecule has 0 bridgehead atoms. The molecular formula is C58H35N7. The molecule has 7 nitrogen and oxygen atoms in total. The zero-order valence-electron chi connectivity index (χ0n) is 34.8. The molecule has 0 aliphatic carbocycles. The minimum absolute atomic E-state index is 0.485. The normalized spacial score (nSPS) is 11.7. The van der Waals surface area contributed by atoms with Gasteiger partial charge in [-0.05, 0) is 84.9 Å². The Morgan fingerprint density at radius 1 is 0.338 bits per heavy atom. The van der Waals surface area contributed by atoms with Crippen molar-refractivity contribution in [1.29, 1.82) is 5.26 Å². The summed E-state index contributed by atoms with van der Waals surface area (Å²) >= 11 is 0. The molecule has 13 rings (SSSR count). The molecule has 0 radical (unpaired) electrons. The number of hydrogen-bond acceptors (Lipinski definition) is 4. The highest BCUT2D eigenvalue weighted by Crippen LogP contribution is 2.43. The van der Waals surface area contributed by atoms with Gasteiger partial charge in [0.25, 0.3) is 0 Å². The van der Waals surface area contributed by atoms with Crippen molar-refractivity contribution in [2.75, 3.05) is 0 Å². The third-order valence-corrected chi connectivity index (χ3v) is 12.7. The molecule has 4 heterocycles. The summed E-state index contributed by atoms with van der Waals surface area (Å²) < 4.78 is 6.91. The molecule has 7 heteroatoms. The standard InChI is InChI=1S/C58H35N7/c59-36-40-35-39(29-33-48(40)65-51-25-13-9-21-45(51)46-32-34-53-54(55(46)65)47-22-10-14-26-52(47)64(53)41-17-5-2-6-18-41)58-61-56(37-15-3-1-4-16-37)60-57(62-58)38-27-30-42(31-28-38)63-49-23-11-7-19-43(49)44-20-8-12-24-50(44)63/h1-35H. The topological polar surface area (TPSA) is 77.2 Å². The summed E-state index contributed by atoms with van der Waals surface area (Å²) in [6.45, 7) is 0. The van der Waals surface area contributed by atoms with Crippen LogP contribution in [0.1, 0.15) is 5.56 Å². The lowest BCUT2D eigenvalue weighted by molar-refractivity contribution is 1.07. The number of hydrogen-bond donors (Lipinski definition) is 0. The van der Waals surface area contributed by atoms with Crippen LogP contribution in [0.5, 0.6) is 0 Å². The molecule has 0 N–H and O–H groups in total. The number of aromatic nitrogens is 6. The van der Waals surface area contributed by atoms with Crippen LogP contribution in [0, 0.1) is 11.3 Å². The van der Waals surface area contributed by atoms with Crippen molar-refractivity contribution >= 4 is 65.4 Å². The fourth-order valence-electron chi connectivity index (χ4n) is 9.88. The van der Waals surface area contributed by atoms with Gasteiger partial charge < -0.3 is 13.7 Å². The summed E-state index contributed by atoms with van der Waals surface area (Å²) in [5, 5.41) is 18.0. The molecule has 0 saturated heterocycles. The van der Waals surface area contributed by atoms with Crippen LogP contribution in [0.25, 0.3) is 117 Å². The van der Waals surface area contributed by atoms with E-state index in [1.807, 2.05) is 54.6 Å². The van der Waals surface area contributed by atoms with E-state index in [4.69, 9.17) is 15.0 Å². The molecular weight excluding hydrogens is 795 g/mol. The quantitative estimate of drug-likeness (QED) is 0.167. The van der Waals surface area contributed by atoms with Gasteiger partial charge in [0.05, 0.1) is 44.4 Å². The van der Waals surface area contributed by atoms with Crippen LogP contribution in [-0.4, -0.2) is 28.7 Å². The van der Waals surface area contributed by atoms with E-state index in [-0.39, 0.29) is 0 Å². The van der Waals surface area contributed by atoms with Gasteiger partial charge in [0.1, 0.15) is 6.07 Å². The van der Waals surface area contributed by atoms with Gasteiger partial charge in [-0.25, -0.2) is 15.0 Å². The number of nitrogens with zero attached hydrogens (tertiary/aromatic N) is 7. The summed E-state index contributed by atoms with van der Waals surface area (Å²) in [6.07, 6.45) is 0. The first-order valence-electron chi connectivity index (χ1n) is 21.7. The molecule has 4 aromatic heterocycles. The summed E-state index contributed by atoms with van der Waals surface area (Å²) in [7, 11) is 0. The van der Waals surface area contributed by atoms with Gasteiger partial charge in [-0.3, -0.25) is 0 Å². The molecule has 0 atom stereocenters. The van der Waals surface area contributed by atoms with E-state index in [1.165, 1.54) is 10.8 Å². The minimum atomic E-state index is 0.485. The second-order valence-electron chi connectivity index (χ2n) is 16.3. The summed E-state index contributed by atoms with van der Waals surface area (Å²) in [4.78, 5) is 15.2. The molecule has 9 aromatic carbocycles. The fraction of sp³-hybridized carbons (Fsp3) is 0. The van der Waals surface area contributed by atoms with E-state index in [0.717, 1.165) is 88.4 Å². The van der Waals surface area contributed by atoms with Crippen LogP contribution >= 0.6 is 0 Å². The smallest absolute Gasteiger partial charge is 0.164 e. The Balaban J connectivity index is 0.983. The van der Waals surface area contributed by atoms with Gasteiger partial charge in [0, 0.05) is 60.4 Å². The first kappa shape index (κ1) is 36.5. The Bertz CT molecular complexity index is 4010. The molecule has 0 aliphatic rings. The molecule has 302 valence electrons. The fourth-order valence-corrected chi connectivity index (χ4v) is 9.88. The van der Waals surface area contributed by atoms with Crippen molar-refractivity contribution < 1.29 is 0 Å². The maximum atomic E-state index is 11.0. The molecule has 0 spiro atoms. The van der Waals surface area contributed by atoms with Crippen LogP contribution in [0.3, 0.4) is 0 Å². The summed E-state index contributed by atoms with van der Waals surface area (Å²) in [6, 6.07) is 76.0. The summed E-state index contributed by atoms with van der Waals surface area (Å²) in [5.74, 6) is 1.59. The molecule has 0 fully saturated rings. The van der Waals surface area contributed by atoms with Crippen molar-refractivity contribution in [2.24, 2.45) is 0 Å². The van der Waals surface area contributed by atoms with E-state index in [2.05, 4.69) is 177 Å². The number of fused-ring (bicyclic) bond motifs is 10. The monoisotopic (exact) mass is 829 g/mol. The molecule has 0 amide bonds. The third kappa shape index (κ3) is 5.64. The average Bonchev–Trinajstić information content (AvgIpc) is 4.02. The second kappa shape index (κ2) is 14.5. The maximum Gasteiger partial charge on any atom is 0.164 e. The lowest BCUT2D eigenvalue weighted by Crippen LogP contribution is -2.02. The zero-order chi connectivity index (χ0) is 43.0. The van der Waals surface area contributed by atoms with E-state index in [1.54, 1.807) is 0 Å². The zero-order valence-corrected chi connectivity index (χ0v) is 34.8. The molecule has 13 aromatic rings. The SMILES string of the molecule is N#Cc1cc(-c2nc(-c3ccccc3)nc(-c3ccc(-n4c5ccccc5c5ccccc54)cc3)n2)ccc1-n1c2ccccc2c2ccc3c(c4ccccc4n3-c3ccccc3)c21. The Hall–Kier alpha value is -9.12. The van der Waals surface area contributed by atoms with Crippen LogP contribution in [0.4, 0.5) is 0 Å². The van der Waals surface area contributed by atoms with E-state index in [0.29, 0.717) is 23.0 Å². The highest BCUT2D eigenvalue weighted by molar-refractivity contribution is 6.26. The molecule has 0 aliphatic heterocycles. The number of para-hydroxylation sites is 5. The van der Waals surface area contributed by atoms with Crippen LogP contribution in [0.15, 0.2) is 212 Å².